The fraction of sp³-hybridized carbons (Fsp3) is 0.583. The van der Waals surface area contributed by atoms with Crippen LogP contribution < -0.4 is 0 Å². The highest BCUT2D eigenvalue weighted by atomic mass is 16.1. The van der Waals surface area contributed by atoms with Crippen LogP contribution in [0.1, 0.15) is 49.4 Å². The number of rotatable bonds is 2. The zero-order valence-corrected chi connectivity index (χ0v) is 10.1. The molecule has 82 valence electrons. The van der Waals surface area contributed by atoms with E-state index in [0.717, 1.165) is 23.4 Å². The maximum Gasteiger partial charge on any atom is 0.170 e. The average molecular weight is 206 g/mol. The molecule has 0 spiro atoms. The van der Waals surface area contributed by atoms with Crippen molar-refractivity contribution in [1.82, 2.24) is 10.2 Å². The highest BCUT2D eigenvalue weighted by Crippen LogP contribution is 2.22. The van der Waals surface area contributed by atoms with Crippen molar-refractivity contribution in [3.05, 3.63) is 23.0 Å². The molecule has 3 heteroatoms. The lowest BCUT2D eigenvalue weighted by Gasteiger charge is -2.18. The molecule has 0 atom stereocenters. The Morgan fingerprint density at radius 1 is 1.33 bits per heavy atom. The Kier molecular flexibility index (Phi) is 3.22. The highest BCUT2D eigenvalue weighted by molar-refractivity contribution is 6.00. The van der Waals surface area contributed by atoms with Gasteiger partial charge in [0, 0.05) is 11.0 Å². The van der Waals surface area contributed by atoms with E-state index >= 15 is 0 Å². The Morgan fingerprint density at radius 2 is 1.93 bits per heavy atom. The Hall–Kier alpha value is -1.25. The summed E-state index contributed by atoms with van der Waals surface area (Å²) in [4.78, 5) is 12.1. The molecule has 0 bridgehead atoms. The molecule has 0 aliphatic carbocycles. The van der Waals surface area contributed by atoms with E-state index in [1.165, 1.54) is 0 Å². The van der Waals surface area contributed by atoms with Gasteiger partial charge in [-0.1, -0.05) is 27.7 Å². The van der Waals surface area contributed by atoms with E-state index in [9.17, 15) is 4.79 Å². The van der Waals surface area contributed by atoms with Gasteiger partial charge < -0.3 is 0 Å². The second-order valence-electron chi connectivity index (χ2n) is 4.78. The summed E-state index contributed by atoms with van der Waals surface area (Å²) in [7, 11) is 0. The molecule has 0 aliphatic heterocycles. The van der Waals surface area contributed by atoms with Gasteiger partial charge in [-0.05, 0) is 19.4 Å². The minimum Gasteiger partial charge on any atom is -0.294 e. The van der Waals surface area contributed by atoms with E-state index in [1.54, 1.807) is 0 Å². The number of carbonyl (C=O) groups is 1. The van der Waals surface area contributed by atoms with Crippen LogP contribution in [0.25, 0.3) is 0 Å². The predicted molar refractivity (Wildman–Crippen MR) is 59.9 cm³/mol. The monoisotopic (exact) mass is 206 g/mol. The minimum atomic E-state index is -0.362. The molecule has 1 aromatic heterocycles. The summed E-state index contributed by atoms with van der Waals surface area (Å²) in [6.45, 7) is 9.60. The topological polar surface area (TPSA) is 42.9 Å². The van der Waals surface area contributed by atoms with E-state index in [1.807, 2.05) is 40.7 Å². The Morgan fingerprint density at radius 3 is 2.40 bits per heavy atom. The van der Waals surface area contributed by atoms with Gasteiger partial charge in [-0.2, -0.15) is 10.2 Å². The first-order chi connectivity index (χ1) is 6.86. The normalized spacial score (nSPS) is 11.5. The summed E-state index contributed by atoms with van der Waals surface area (Å²) >= 11 is 0. The molecular weight excluding hydrogens is 188 g/mol. The van der Waals surface area contributed by atoms with E-state index in [4.69, 9.17) is 0 Å². The molecule has 1 heterocycles. The molecule has 0 saturated carbocycles. The van der Waals surface area contributed by atoms with Crippen LogP contribution in [-0.2, 0) is 6.42 Å². The molecule has 0 radical (unpaired) electrons. The zero-order chi connectivity index (χ0) is 11.6. The van der Waals surface area contributed by atoms with Crippen LogP contribution >= 0.6 is 0 Å². The Bertz CT molecular complexity index is 378. The van der Waals surface area contributed by atoms with Crippen molar-refractivity contribution in [2.24, 2.45) is 5.41 Å². The Labute approximate surface area is 90.9 Å². The van der Waals surface area contributed by atoms with Crippen molar-refractivity contribution in [3.8, 4) is 0 Å². The maximum absolute atomic E-state index is 12.1. The van der Waals surface area contributed by atoms with Gasteiger partial charge in [-0.25, -0.2) is 0 Å². The highest BCUT2D eigenvalue weighted by Gasteiger charge is 2.25. The molecule has 0 amide bonds. The van der Waals surface area contributed by atoms with Crippen LogP contribution in [0, 0.1) is 12.3 Å². The SMILES string of the molecule is CCc1nnc(C)cc1C(=O)C(C)(C)C. The molecule has 0 fully saturated rings. The lowest BCUT2D eigenvalue weighted by atomic mass is 9.85. The van der Waals surface area contributed by atoms with Crippen molar-refractivity contribution in [1.29, 1.82) is 0 Å². The molecule has 1 rings (SSSR count). The third-order valence-corrected chi connectivity index (χ3v) is 2.25. The largest absolute Gasteiger partial charge is 0.294 e. The van der Waals surface area contributed by atoms with Gasteiger partial charge in [0.2, 0.25) is 0 Å². The predicted octanol–water partition coefficient (Wildman–Crippen LogP) is 2.58. The third-order valence-electron chi connectivity index (χ3n) is 2.25. The van der Waals surface area contributed by atoms with Gasteiger partial charge in [0.25, 0.3) is 0 Å². The number of nitrogens with zero attached hydrogens (tertiary/aromatic N) is 2. The summed E-state index contributed by atoms with van der Waals surface area (Å²) in [5.41, 5.74) is 1.94. The maximum atomic E-state index is 12.1. The van der Waals surface area contributed by atoms with Gasteiger partial charge in [0.05, 0.1) is 11.4 Å². The summed E-state index contributed by atoms with van der Waals surface area (Å²) in [5, 5.41) is 8.03. The van der Waals surface area contributed by atoms with Crippen molar-refractivity contribution in [2.45, 2.75) is 41.0 Å². The number of hydrogen-bond donors (Lipinski definition) is 0. The first kappa shape index (κ1) is 11.8. The van der Waals surface area contributed by atoms with E-state index in [2.05, 4.69) is 10.2 Å². The third kappa shape index (κ3) is 2.61. The van der Waals surface area contributed by atoms with Gasteiger partial charge >= 0.3 is 0 Å². The second kappa shape index (κ2) is 4.09. The summed E-state index contributed by atoms with van der Waals surface area (Å²) in [5.74, 6) is 0.136. The van der Waals surface area contributed by atoms with Crippen molar-refractivity contribution in [2.75, 3.05) is 0 Å². The quantitative estimate of drug-likeness (QED) is 0.698. The van der Waals surface area contributed by atoms with Crippen molar-refractivity contribution < 1.29 is 4.79 Å². The van der Waals surface area contributed by atoms with E-state index in [0.29, 0.717) is 0 Å². The van der Waals surface area contributed by atoms with Crippen LogP contribution in [0.15, 0.2) is 6.07 Å². The first-order valence-corrected chi connectivity index (χ1v) is 5.24. The van der Waals surface area contributed by atoms with E-state index < -0.39 is 0 Å². The lowest BCUT2D eigenvalue weighted by molar-refractivity contribution is 0.0856. The molecule has 3 nitrogen and oxygen atoms in total. The van der Waals surface area contributed by atoms with Gasteiger partial charge in [-0.3, -0.25) is 4.79 Å². The molecule has 0 N–H and O–H groups in total. The molecule has 15 heavy (non-hydrogen) atoms. The fourth-order valence-electron chi connectivity index (χ4n) is 1.38. The minimum absolute atomic E-state index is 0.136. The Balaban J connectivity index is 3.23. The zero-order valence-electron chi connectivity index (χ0n) is 10.1. The van der Waals surface area contributed by atoms with Crippen LogP contribution in [0.3, 0.4) is 0 Å². The van der Waals surface area contributed by atoms with Gasteiger partial charge in [-0.15, -0.1) is 0 Å². The van der Waals surface area contributed by atoms with Crippen molar-refractivity contribution in [3.63, 3.8) is 0 Å². The van der Waals surface area contributed by atoms with Crippen LogP contribution in [-0.4, -0.2) is 16.0 Å². The molecule has 0 aromatic carbocycles. The van der Waals surface area contributed by atoms with Crippen LogP contribution in [0.4, 0.5) is 0 Å². The standard InChI is InChI=1S/C12H18N2O/c1-6-10-9(7-8(2)13-14-10)11(15)12(3,4)5/h7H,6H2,1-5H3. The number of carbonyl (C=O) groups excluding carboxylic acids is 1. The molecule has 0 aliphatic rings. The smallest absolute Gasteiger partial charge is 0.170 e. The summed E-state index contributed by atoms with van der Waals surface area (Å²) in [6.07, 6.45) is 0.741. The van der Waals surface area contributed by atoms with Crippen molar-refractivity contribution >= 4 is 5.78 Å². The molecule has 0 unspecified atom stereocenters. The number of aryl methyl sites for hydroxylation is 2. The molecular formula is C12H18N2O. The molecule has 0 saturated heterocycles. The lowest BCUT2D eigenvalue weighted by Crippen LogP contribution is -2.22. The summed E-state index contributed by atoms with van der Waals surface area (Å²) in [6, 6.07) is 1.83. The van der Waals surface area contributed by atoms with Gasteiger partial charge in [0.1, 0.15) is 0 Å². The van der Waals surface area contributed by atoms with Crippen LogP contribution in [0.2, 0.25) is 0 Å². The number of aromatic nitrogens is 2. The van der Waals surface area contributed by atoms with Crippen LogP contribution in [0.5, 0.6) is 0 Å². The number of hydrogen-bond acceptors (Lipinski definition) is 3. The average Bonchev–Trinajstić information content (AvgIpc) is 2.15. The number of ketones is 1. The van der Waals surface area contributed by atoms with E-state index in [-0.39, 0.29) is 11.2 Å². The summed E-state index contributed by atoms with van der Waals surface area (Å²) < 4.78 is 0. The molecule has 1 aromatic rings. The number of Topliss-reactive ketones (excluding diaryl/α,β-unsaturated/α-hetero) is 1. The first-order valence-electron chi connectivity index (χ1n) is 5.24. The van der Waals surface area contributed by atoms with Gasteiger partial charge in [0.15, 0.2) is 5.78 Å². The second-order valence-corrected chi connectivity index (χ2v) is 4.78. The fourth-order valence-corrected chi connectivity index (χ4v) is 1.38.